The molecule has 5 heteroatoms. The molecule has 0 N–H and O–H groups in total. The summed E-state index contributed by atoms with van der Waals surface area (Å²) in [4.78, 5) is 11.6. The molecule has 0 aliphatic carbocycles. The fourth-order valence-corrected chi connectivity index (χ4v) is 2.56. The van der Waals surface area contributed by atoms with Crippen molar-refractivity contribution >= 4 is 11.0 Å². The van der Waals surface area contributed by atoms with E-state index in [1.165, 1.54) is 19.2 Å². The van der Waals surface area contributed by atoms with Gasteiger partial charge in [0.15, 0.2) is 11.6 Å². The third-order valence-corrected chi connectivity index (χ3v) is 3.80. The van der Waals surface area contributed by atoms with Gasteiger partial charge in [-0.05, 0) is 41.8 Å². The first-order valence-corrected chi connectivity index (χ1v) is 7.62. The third-order valence-electron chi connectivity index (χ3n) is 3.80. The van der Waals surface area contributed by atoms with Crippen molar-refractivity contribution in [2.24, 2.45) is 0 Å². The summed E-state index contributed by atoms with van der Waals surface area (Å²) in [6.45, 7) is 2.18. The molecule has 124 valence electrons. The van der Waals surface area contributed by atoms with Crippen molar-refractivity contribution in [2.45, 2.75) is 20.0 Å². The molecule has 1 aromatic heterocycles. The first kappa shape index (κ1) is 16.1. The lowest BCUT2D eigenvalue weighted by Gasteiger charge is -2.09. The number of fused-ring (bicyclic) bond motifs is 1. The molecule has 0 saturated heterocycles. The normalized spacial score (nSPS) is 10.8. The summed E-state index contributed by atoms with van der Waals surface area (Å²) < 4.78 is 29.5. The van der Waals surface area contributed by atoms with Crippen LogP contribution < -0.4 is 15.1 Å². The molecular formula is C19H17FO4. The van der Waals surface area contributed by atoms with E-state index in [-0.39, 0.29) is 18.0 Å². The zero-order chi connectivity index (χ0) is 17.1. The Labute approximate surface area is 138 Å². The second-order valence-corrected chi connectivity index (χ2v) is 5.36. The minimum Gasteiger partial charge on any atom is -0.494 e. The lowest BCUT2D eigenvalue weighted by atomic mass is 10.1. The molecule has 0 fully saturated rings. The molecule has 0 aliphatic rings. The van der Waals surface area contributed by atoms with Gasteiger partial charge in [-0.3, -0.25) is 0 Å². The number of methoxy groups -OCH3 is 1. The van der Waals surface area contributed by atoms with Gasteiger partial charge in [0.25, 0.3) is 0 Å². The van der Waals surface area contributed by atoms with Crippen molar-refractivity contribution in [1.29, 1.82) is 0 Å². The van der Waals surface area contributed by atoms with Crippen molar-refractivity contribution < 1.29 is 18.3 Å². The van der Waals surface area contributed by atoms with Gasteiger partial charge in [-0.2, -0.15) is 0 Å². The summed E-state index contributed by atoms with van der Waals surface area (Å²) in [6.07, 6.45) is 0.743. The number of rotatable bonds is 5. The highest BCUT2D eigenvalue weighted by molar-refractivity contribution is 5.81. The van der Waals surface area contributed by atoms with E-state index in [2.05, 4.69) is 0 Å². The Morgan fingerprint density at radius 3 is 2.67 bits per heavy atom. The van der Waals surface area contributed by atoms with Crippen molar-refractivity contribution in [3.05, 3.63) is 69.8 Å². The van der Waals surface area contributed by atoms with Gasteiger partial charge in [-0.1, -0.05) is 13.0 Å². The monoisotopic (exact) mass is 328 g/mol. The Morgan fingerprint density at radius 1 is 1.12 bits per heavy atom. The zero-order valence-electron chi connectivity index (χ0n) is 13.5. The first-order chi connectivity index (χ1) is 11.6. The third kappa shape index (κ3) is 3.25. The van der Waals surface area contributed by atoms with E-state index in [9.17, 15) is 9.18 Å². The highest BCUT2D eigenvalue weighted by Gasteiger charge is 2.07. The van der Waals surface area contributed by atoms with Crippen molar-refractivity contribution in [3.63, 3.8) is 0 Å². The number of benzene rings is 2. The molecule has 0 unspecified atom stereocenters. The van der Waals surface area contributed by atoms with Crippen LogP contribution in [0.15, 0.2) is 51.7 Å². The first-order valence-electron chi connectivity index (χ1n) is 7.62. The van der Waals surface area contributed by atoms with Crippen LogP contribution in [0.5, 0.6) is 11.5 Å². The maximum Gasteiger partial charge on any atom is 0.336 e. The van der Waals surface area contributed by atoms with Crippen LogP contribution in [0.3, 0.4) is 0 Å². The molecule has 2 aromatic carbocycles. The zero-order valence-corrected chi connectivity index (χ0v) is 13.5. The summed E-state index contributed by atoms with van der Waals surface area (Å²) in [5.74, 6) is 0.309. The predicted molar refractivity (Wildman–Crippen MR) is 89.1 cm³/mol. The molecule has 0 spiro atoms. The fourth-order valence-electron chi connectivity index (χ4n) is 2.56. The van der Waals surface area contributed by atoms with E-state index >= 15 is 0 Å². The average molecular weight is 328 g/mol. The molecule has 3 rings (SSSR count). The van der Waals surface area contributed by atoms with Gasteiger partial charge >= 0.3 is 5.63 Å². The molecule has 4 nitrogen and oxygen atoms in total. The maximum absolute atomic E-state index is 13.7. The van der Waals surface area contributed by atoms with E-state index in [1.54, 1.807) is 24.3 Å². The number of hydrogen-bond donors (Lipinski definition) is 0. The molecule has 0 saturated carbocycles. The summed E-state index contributed by atoms with van der Waals surface area (Å²) in [5, 5.41) is 0.889. The Bertz CT molecular complexity index is 930. The van der Waals surface area contributed by atoms with Crippen molar-refractivity contribution in [1.82, 2.24) is 0 Å². The number of ether oxygens (including phenoxy) is 2. The second-order valence-electron chi connectivity index (χ2n) is 5.36. The maximum atomic E-state index is 13.7. The summed E-state index contributed by atoms with van der Waals surface area (Å²) >= 11 is 0. The van der Waals surface area contributed by atoms with Crippen LogP contribution in [-0.2, 0) is 13.0 Å². The van der Waals surface area contributed by atoms with Crippen LogP contribution in [-0.4, -0.2) is 7.11 Å². The molecule has 0 aliphatic heterocycles. The van der Waals surface area contributed by atoms with Crippen LogP contribution in [0.25, 0.3) is 11.0 Å². The average Bonchev–Trinajstić information content (AvgIpc) is 2.58. The van der Waals surface area contributed by atoms with Gasteiger partial charge in [-0.25, -0.2) is 9.18 Å². The van der Waals surface area contributed by atoms with Gasteiger partial charge in [0.2, 0.25) is 0 Å². The molecule has 0 radical (unpaired) electrons. The van der Waals surface area contributed by atoms with Crippen LogP contribution in [0.2, 0.25) is 0 Å². The van der Waals surface area contributed by atoms with Crippen LogP contribution in [0.4, 0.5) is 4.39 Å². The number of hydrogen-bond acceptors (Lipinski definition) is 4. The van der Waals surface area contributed by atoms with Crippen molar-refractivity contribution in [2.75, 3.05) is 7.11 Å². The Morgan fingerprint density at radius 2 is 1.96 bits per heavy atom. The SMILES string of the molecule is CCc1cc(=O)oc2cc(OCc3ccc(OC)c(F)c3)ccc12. The van der Waals surface area contributed by atoms with Crippen LogP contribution in [0, 0.1) is 5.82 Å². The molecule has 0 amide bonds. The van der Waals surface area contributed by atoms with Gasteiger partial charge in [0, 0.05) is 17.5 Å². The van der Waals surface area contributed by atoms with E-state index in [1.807, 2.05) is 13.0 Å². The highest BCUT2D eigenvalue weighted by atomic mass is 19.1. The Hall–Kier alpha value is -2.82. The topological polar surface area (TPSA) is 48.7 Å². The highest BCUT2D eigenvalue weighted by Crippen LogP contribution is 2.24. The smallest absolute Gasteiger partial charge is 0.336 e. The molecular weight excluding hydrogens is 311 g/mol. The van der Waals surface area contributed by atoms with Crippen LogP contribution in [0.1, 0.15) is 18.1 Å². The van der Waals surface area contributed by atoms with Gasteiger partial charge in [0.1, 0.15) is 17.9 Å². The van der Waals surface area contributed by atoms with E-state index < -0.39 is 5.82 Å². The molecule has 24 heavy (non-hydrogen) atoms. The standard InChI is InChI=1S/C19H17FO4/c1-3-13-9-19(21)24-18-10-14(5-6-15(13)18)23-11-12-4-7-17(22-2)16(20)8-12/h4-10H,3,11H2,1-2H3. The summed E-state index contributed by atoms with van der Waals surface area (Å²) in [6, 6.07) is 11.5. The fraction of sp³-hybridized carbons (Fsp3) is 0.211. The lowest BCUT2D eigenvalue weighted by molar-refractivity contribution is 0.304. The quantitative estimate of drug-likeness (QED) is 0.662. The molecule has 0 atom stereocenters. The predicted octanol–water partition coefficient (Wildman–Crippen LogP) is 4.08. The molecule has 1 heterocycles. The molecule has 0 bridgehead atoms. The van der Waals surface area contributed by atoms with Crippen LogP contribution >= 0.6 is 0 Å². The second kappa shape index (κ2) is 6.74. The number of halogens is 1. The van der Waals surface area contributed by atoms with E-state index in [0.717, 1.165) is 17.4 Å². The Kier molecular flexibility index (Phi) is 4.51. The lowest BCUT2D eigenvalue weighted by Crippen LogP contribution is -2.01. The minimum atomic E-state index is -0.435. The van der Waals surface area contributed by atoms with Gasteiger partial charge in [-0.15, -0.1) is 0 Å². The largest absolute Gasteiger partial charge is 0.494 e. The van der Waals surface area contributed by atoms with E-state index in [0.29, 0.717) is 16.9 Å². The summed E-state index contributed by atoms with van der Waals surface area (Å²) in [5.41, 5.74) is 1.72. The van der Waals surface area contributed by atoms with Gasteiger partial charge in [0.05, 0.1) is 7.11 Å². The van der Waals surface area contributed by atoms with E-state index in [4.69, 9.17) is 13.9 Å². The summed E-state index contributed by atoms with van der Waals surface area (Å²) in [7, 11) is 1.42. The molecule has 3 aromatic rings. The van der Waals surface area contributed by atoms with Gasteiger partial charge < -0.3 is 13.9 Å². The minimum absolute atomic E-state index is 0.193. The van der Waals surface area contributed by atoms with Crippen molar-refractivity contribution in [3.8, 4) is 11.5 Å². The number of aryl methyl sites for hydroxylation is 1. The Balaban J connectivity index is 1.83.